The highest BCUT2D eigenvalue weighted by Crippen LogP contribution is 2.10. The Morgan fingerprint density at radius 3 is 1.79 bits per heavy atom. The van der Waals surface area contributed by atoms with Crippen LogP contribution in [0.5, 0.6) is 0 Å². The van der Waals surface area contributed by atoms with Gasteiger partial charge in [0.15, 0.2) is 5.92 Å². The minimum atomic E-state index is -0.876. The van der Waals surface area contributed by atoms with Crippen LogP contribution in [0.3, 0.4) is 0 Å². The lowest BCUT2D eigenvalue weighted by Crippen LogP contribution is -2.29. The SMILES string of the molecule is CCOC(=O)C(CCOCCC(C)C)C(=O)OCC. The summed E-state index contributed by atoms with van der Waals surface area (Å²) in [6.07, 6.45) is 1.26. The predicted octanol–water partition coefficient (Wildman–Crippen LogP) is 2.18. The Kier molecular flexibility index (Phi) is 10.2. The Labute approximate surface area is 115 Å². The molecule has 0 radical (unpaired) electrons. The first kappa shape index (κ1) is 17.9. The highest BCUT2D eigenvalue weighted by Gasteiger charge is 2.29. The topological polar surface area (TPSA) is 61.8 Å². The number of ether oxygens (including phenoxy) is 3. The molecular weight excluding hydrogens is 248 g/mol. The standard InChI is InChI=1S/C14H26O5/c1-5-18-13(15)12(14(16)19-6-2)8-10-17-9-7-11(3)4/h11-12H,5-10H2,1-4H3. The minimum Gasteiger partial charge on any atom is -0.465 e. The van der Waals surface area contributed by atoms with Crippen LogP contribution in [0.4, 0.5) is 0 Å². The number of esters is 2. The van der Waals surface area contributed by atoms with E-state index in [4.69, 9.17) is 14.2 Å². The van der Waals surface area contributed by atoms with E-state index in [9.17, 15) is 9.59 Å². The van der Waals surface area contributed by atoms with E-state index in [1.54, 1.807) is 13.8 Å². The third-order valence-corrected chi connectivity index (χ3v) is 2.53. The van der Waals surface area contributed by atoms with Gasteiger partial charge in [-0.1, -0.05) is 13.8 Å². The van der Waals surface area contributed by atoms with Gasteiger partial charge in [-0.2, -0.15) is 0 Å². The van der Waals surface area contributed by atoms with Crippen LogP contribution >= 0.6 is 0 Å². The van der Waals surface area contributed by atoms with Gasteiger partial charge in [0.1, 0.15) is 0 Å². The van der Waals surface area contributed by atoms with Gasteiger partial charge in [0, 0.05) is 13.2 Å². The first-order valence-electron chi connectivity index (χ1n) is 6.93. The molecule has 0 saturated carbocycles. The maximum absolute atomic E-state index is 11.7. The van der Waals surface area contributed by atoms with Gasteiger partial charge in [-0.15, -0.1) is 0 Å². The van der Waals surface area contributed by atoms with E-state index >= 15 is 0 Å². The quantitative estimate of drug-likeness (QED) is 0.347. The molecule has 0 unspecified atom stereocenters. The van der Waals surface area contributed by atoms with Crippen molar-refractivity contribution in [2.24, 2.45) is 11.8 Å². The zero-order valence-corrected chi connectivity index (χ0v) is 12.4. The molecule has 0 rings (SSSR count). The van der Waals surface area contributed by atoms with Gasteiger partial charge in [-0.05, 0) is 32.6 Å². The van der Waals surface area contributed by atoms with Crippen LogP contribution in [-0.4, -0.2) is 38.4 Å². The number of carbonyl (C=O) groups excluding carboxylic acids is 2. The van der Waals surface area contributed by atoms with Gasteiger partial charge in [-0.3, -0.25) is 9.59 Å². The van der Waals surface area contributed by atoms with Gasteiger partial charge >= 0.3 is 11.9 Å². The fourth-order valence-corrected chi connectivity index (χ4v) is 1.44. The molecule has 0 fully saturated rings. The van der Waals surface area contributed by atoms with Crippen molar-refractivity contribution in [1.29, 1.82) is 0 Å². The van der Waals surface area contributed by atoms with Crippen LogP contribution in [0, 0.1) is 11.8 Å². The van der Waals surface area contributed by atoms with Gasteiger partial charge in [-0.25, -0.2) is 0 Å². The molecule has 0 bridgehead atoms. The number of hydrogen-bond acceptors (Lipinski definition) is 5. The van der Waals surface area contributed by atoms with Crippen LogP contribution in [0.2, 0.25) is 0 Å². The van der Waals surface area contributed by atoms with E-state index in [2.05, 4.69) is 13.8 Å². The molecule has 19 heavy (non-hydrogen) atoms. The van der Waals surface area contributed by atoms with Crippen molar-refractivity contribution >= 4 is 11.9 Å². The molecule has 0 aliphatic heterocycles. The van der Waals surface area contributed by atoms with Crippen LogP contribution in [-0.2, 0) is 23.8 Å². The molecule has 0 atom stereocenters. The van der Waals surface area contributed by atoms with Gasteiger partial charge in [0.2, 0.25) is 0 Å². The first-order valence-corrected chi connectivity index (χ1v) is 6.93. The third kappa shape index (κ3) is 8.59. The zero-order chi connectivity index (χ0) is 14.7. The van der Waals surface area contributed by atoms with Gasteiger partial charge < -0.3 is 14.2 Å². The molecule has 0 aromatic carbocycles. The number of rotatable bonds is 10. The van der Waals surface area contributed by atoms with Gasteiger partial charge in [0.05, 0.1) is 13.2 Å². The summed E-state index contributed by atoms with van der Waals surface area (Å²) in [5, 5.41) is 0. The van der Waals surface area contributed by atoms with E-state index < -0.39 is 17.9 Å². The predicted molar refractivity (Wildman–Crippen MR) is 71.6 cm³/mol. The van der Waals surface area contributed by atoms with Crippen molar-refractivity contribution < 1.29 is 23.8 Å². The van der Waals surface area contributed by atoms with Crippen molar-refractivity contribution in [3.63, 3.8) is 0 Å². The summed E-state index contributed by atoms with van der Waals surface area (Å²) in [6, 6.07) is 0. The Morgan fingerprint density at radius 2 is 1.37 bits per heavy atom. The smallest absolute Gasteiger partial charge is 0.320 e. The molecule has 5 heteroatoms. The molecule has 0 saturated heterocycles. The molecule has 0 aromatic rings. The molecule has 5 nitrogen and oxygen atoms in total. The highest BCUT2D eigenvalue weighted by molar-refractivity contribution is 5.94. The largest absolute Gasteiger partial charge is 0.465 e. The van der Waals surface area contributed by atoms with Crippen LogP contribution < -0.4 is 0 Å². The second-order valence-electron chi connectivity index (χ2n) is 4.64. The summed E-state index contributed by atoms with van der Waals surface area (Å²) in [4.78, 5) is 23.3. The highest BCUT2D eigenvalue weighted by atomic mass is 16.6. The fourth-order valence-electron chi connectivity index (χ4n) is 1.44. The summed E-state index contributed by atoms with van der Waals surface area (Å²) in [5.74, 6) is -1.37. The lowest BCUT2D eigenvalue weighted by molar-refractivity contribution is -0.162. The number of carbonyl (C=O) groups is 2. The second kappa shape index (κ2) is 10.8. The molecule has 0 spiro atoms. The molecule has 0 aliphatic carbocycles. The Balaban J connectivity index is 4.12. The summed E-state index contributed by atoms with van der Waals surface area (Å²) in [5.41, 5.74) is 0. The Bertz CT molecular complexity index is 245. The van der Waals surface area contributed by atoms with Crippen LogP contribution in [0.1, 0.15) is 40.5 Å². The van der Waals surface area contributed by atoms with E-state index in [1.807, 2.05) is 0 Å². The average Bonchev–Trinajstić information content (AvgIpc) is 2.33. The fraction of sp³-hybridized carbons (Fsp3) is 0.857. The summed E-state index contributed by atoms with van der Waals surface area (Å²) < 4.78 is 15.2. The monoisotopic (exact) mass is 274 g/mol. The van der Waals surface area contributed by atoms with Gasteiger partial charge in [0.25, 0.3) is 0 Å². The Morgan fingerprint density at radius 1 is 0.895 bits per heavy atom. The summed E-state index contributed by atoms with van der Waals surface area (Å²) >= 11 is 0. The van der Waals surface area contributed by atoms with Crippen molar-refractivity contribution in [3.8, 4) is 0 Å². The average molecular weight is 274 g/mol. The van der Waals surface area contributed by atoms with E-state index in [1.165, 1.54) is 0 Å². The normalized spacial score (nSPS) is 10.8. The molecular formula is C14H26O5. The minimum absolute atomic E-state index is 0.253. The Hall–Kier alpha value is -1.10. The second-order valence-corrected chi connectivity index (χ2v) is 4.64. The van der Waals surface area contributed by atoms with E-state index in [0.717, 1.165) is 6.42 Å². The molecule has 112 valence electrons. The molecule has 0 N–H and O–H groups in total. The molecule has 0 aliphatic rings. The molecule has 0 aromatic heterocycles. The summed E-state index contributed by atoms with van der Waals surface area (Å²) in [7, 11) is 0. The van der Waals surface area contributed by atoms with E-state index in [0.29, 0.717) is 25.6 Å². The lowest BCUT2D eigenvalue weighted by atomic mass is 10.1. The van der Waals surface area contributed by atoms with Crippen molar-refractivity contribution in [2.75, 3.05) is 26.4 Å². The van der Waals surface area contributed by atoms with Crippen molar-refractivity contribution in [1.82, 2.24) is 0 Å². The van der Waals surface area contributed by atoms with Crippen molar-refractivity contribution in [2.45, 2.75) is 40.5 Å². The third-order valence-electron chi connectivity index (χ3n) is 2.53. The van der Waals surface area contributed by atoms with Crippen LogP contribution in [0.15, 0.2) is 0 Å². The maximum Gasteiger partial charge on any atom is 0.320 e. The molecule has 0 amide bonds. The first-order chi connectivity index (χ1) is 9.02. The van der Waals surface area contributed by atoms with E-state index in [-0.39, 0.29) is 13.2 Å². The van der Waals surface area contributed by atoms with Crippen LogP contribution in [0.25, 0.3) is 0 Å². The summed E-state index contributed by atoms with van der Waals surface area (Å²) in [6.45, 7) is 9.14. The number of hydrogen-bond donors (Lipinski definition) is 0. The molecule has 0 heterocycles. The lowest BCUT2D eigenvalue weighted by Gasteiger charge is -2.14. The maximum atomic E-state index is 11.7. The zero-order valence-electron chi connectivity index (χ0n) is 12.4. The van der Waals surface area contributed by atoms with Crippen molar-refractivity contribution in [3.05, 3.63) is 0 Å².